The van der Waals surface area contributed by atoms with E-state index in [-0.39, 0.29) is 19.1 Å². The van der Waals surface area contributed by atoms with E-state index < -0.39 is 24.4 Å². The molecular weight excluding hydrogens is 400 g/mol. The lowest BCUT2D eigenvalue weighted by molar-refractivity contribution is -0.121. The number of para-hydroxylation sites is 1. The van der Waals surface area contributed by atoms with Crippen molar-refractivity contribution >= 4 is 23.5 Å². The van der Waals surface area contributed by atoms with E-state index in [4.69, 9.17) is 19.9 Å². The van der Waals surface area contributed by atoms with Gasteiger partial charge in [0.1, 0.15) is 12.4 Å². The number of carbonyl (C=O) groups excluding carboxylic acids is 3. The fourth-order valence-corrected chi connectivity index (χ4v) is 3.17. The summed E-state index contributed by atoms with van der Waals surface area (Å²) in [6.07, 6.45) is 2.14. The Morgan fingerprint density at radius 2 is 1.81 bits per heavy atom. The van der Waals surface area contributed by atoms with Gasteiger partial charge in [0.05, 0.1) is 11.7 Å². The molecule has 1 unspecified atom stereocenters. The van der Waals surface area contributed by atoms with E-state index in [0.29, 0.717) is 23.6 Å². The standard InChI is InChI=1S/C23H26N2O6/c24-21(26)12-13-25(18-5-2-1-3-6-18)22(27)16-31-23(28)17-8-10-19(11-9-17)30-15-20-7-4-14-29-20/h1-3,5-6,8-11,20H,4,7,12-16H2,(H2,24,26). The summed E-state index contributed by atoms with van der Waals surface area (Å²) in [5.41, 5.74) is 6.11. The van der Waals surface area contributed by atoms with Gasteiger partial charge in [-0.15, -0.1) is 0 Å². The maximum Gasteiger partial charge on any atom is 0.338 e. The highest BCUT2D eigenvalue weighted by atomic mass is 16.5. The van der Waals surface area contributed by atoms with E-state index in [1.807, 2.05) is 6.07 Å². The molecule has 2 amide bonds. The van der Waals surface area contributed by atoms with Gasteiger partial charge >= 0.3 is 5.97 Å². The summed E-state index contributed by atoms with van der Waals surface area (Å²) in [6.45, 7) is 0.886. The molecule has 31 heavy (non-hydrogen) atoms. The van der Waals surface area contributed by atoms with Crippen molar-refractivity contribution in [3.8, 4) is 5.75 Å². The SMILES string of the molecule is NC(=O)CCN(C(=O)COC(=O)c1ccc(OCC2CCCO2)cc1)c1ccccc1. The van der Waals surface area contributed by atoms with E-state index in [9.17, 15) is 14.4 Å². The average molecular weight is 426 g/mol. The van der Waals surface area contributed by atoms with Crippen LogP contribution in [0, 0.1) is 0 Å². The van der Waals surface area contributed by atoms with Gasteiger partial charge in [0.25, 0.3) is 5.91 Å². The first kappa shape index (κ1) is 22.3. The number of carbonyl (C=O) groups is 3. The maximum absolute atomic E-state index is 12.6. The first-order valence-electron chi connectivity index (χ1n) is 10.2. The number of ether oxygens (including phenoxy) is 3. The van der Waals surface area contributed by atoms with Gasteiger partial charge in [-0.3, -0.25) is 9.59 Å². The van der Waals surface area contributed by atoms with Gasteiger partial charge in [-0.1, -0.05) is 18.2 Å². The lowest BCUT2D eigenvalue weighted by Crippen LogP contribution is -2.37. The molecule has 1 fully saturated rings. The minimum atomic E-state index is -0.623. The molecular formula is C23H26N2O6. The molecule has 2 N–H and O–H groups in total. The monoisotopic (exact) mass is 426 g/mol. The molecule has 0 radical (unpaired) electrons. The predicted molar refractivity (Wildman–Crippen MR) is 114 cm³/mol. The topological polar surface area (TPSA) is 108 Å². The summed E-state index contributed by atoms with van der Waals surface area (Å²) in [6, 6.07) is 15.3. The normalized spacial score (nSPS) is 15.3. The molecule has 164 valence electrons. The van der Waals surface area contributed by atoms with Crippen LogP contribution in [-0.2, 0) is 19.1 Å². The van der Waals surface area contributed by atoms with E-state index in [2.05, 4.69) is 0 Å². The molecule has 8 heteroatoms. The number of hydrogen-bond acceptors (Lipinski definition) is 6. The van der Waals surface area contributed by atoms with Crippen LogP contribution in [0.3, 0.4) is 0 Å². The van der Waals surface area contributed by atoms with Gasteiger partial charge in [-0.25, -0.2) is 4.79 Å². The van der Waals surface area contributed by atoms with Crippen molar-refractivity contribution in [3.05, 3.63) is 60.2 Å². The molecule has 3 rings (SSSR count). The predicted octanol–water partition coefficient (Wildman–Crippen LogP) is 2.31. The minimum Gasteiger partial charge on any atom is -0.491 e. The van der Waals surface area contributed by atoms with E-state index in [1.165, 1.54) is 4.90 Å². The van der Waals surface area contributed by atoms with Crippen LogP contribution in [0.5, 0.6) is 5.75 Å². The van der Waals surface area contributed by atoms with Crippen LogP contribution in [0.15, 0.2) is 54.6 Å². The Balaban J connectivity index is 1.52. The molecule has 0 aromatic heterocycles. The summed E-state index contributed by atoms with van der Waals surface area (Å²) >= 11 is 0. The molecule has 1 aliphatic rings. The second kappa shape index (κ2) is 11.1. The lowest BCUT2D eigenvalue weighted by Gasteiger charge is -2.22. The van der Waals surface area contributed by atoms with Gasteiger partial charge in [0.15, 0.2) is 6.61 Å². The largest absolute Gasteiger partial charge is 0.491 e. The first-order chi connectivity index (χ1) is 15.0. The molecule has 0 spiro atoms. The Bertz CT molecular complexity index is 879. The van der Waals surface area contributed by atoms with E-state index in [1.54, 1.807) is 48.5 Å². The minimum absolute atomic E-state index is 0.00192. The first-order valence-corrected chi connectivity index (χ1v) is 10.2. The number of anilines is 1. The summed E-state index contributed by atoms with van der Waals surface area (Å²) in [5.74, 6) is -0.961. The molecule has 1 saturated heterocycles. The van der Waals surface area contributed by atoms with E-state index >= 15 is 0 Å². The number of benzene rings is 2. The molecule has 0 aliphatic carbocycles. The zero-order chi connectivity index (χ0) is 22.1. The summed E-state index contributed by atoms with van der Waals surface area (Å²) in [7, 11) is 0. The number of esters is 1. The Hall–Kier alpha value is -3.39. The number of nitrogens with zero attached hydrogens (tertiary/aromatic N) is 1. The van der Waals surface area contributed by atoms with Crippen LogP contribution in [-0.4, -0.2) is 50.3 Å². The number of amides is 2. The number of primary amides is 1. The van der Waals surface area contributed by atoms with Gasteiger partial charge in [0.2, 0.25) is 5.91 Å². The fourth-order valence-electron chi connectivity index (χ4n) is 3.17. The molecule has 1 atom stereocenters. The van der Waals surface area contributed by atoms with Gasteiger partial charge < -0.3 is 24.8 Å². The second-order valence-corrected chi connectivity index (χ2v) is 7.14. The molecule has 1 aliphatic heterocycles. The highest BCUT2D eigenvalue weighted by molar-refractivity contribution is 5.97. The van der Waals surface area contributed by atoms with Crippen LogP contribution in [0.2, 0.25) is 0 Å². The third-order valence-electron chi connectivity index (χ3n) is 4.83. The molecule has 0 saturated carbocycles. The molecule has 1 heterocycles. The van der Waals surface area contributed by atoms with Crippen molar-refractivity contribution in [3.63, 3.8) is 0 Å². The molecule has 2 aromatic rings. The molecule has 8 nitrogen and oxygen atoms in total. The third-order valence-corrected chi connectivity index (χ3v) is 4.83. The second-order valence-electron chi connectivity index (χ2n) is 7.14. The Morgan fingerprint density at radius 3 is 2.45 bits per heavy atom. The number of hydrogen-bond donors (Lipinski definition) is 1. The maximum atomic E-state index is 12.6. The summed E-state index contributed by atoms with van der Waals surface area (Å²) < 4.78 is 16.4. The third kappa shape index (κ3) is 6.82. The quantitative estimate of drug-likeness (QED) is 0.584. The van der Waals surface area contributed by atoms with E-state index in [0.717, 1.165) is 19.4 Å². The van der Waals surface area contributed by atoms with Gasteiger partial charge in [-0.2, -0.15) is 0 Å². The Labute approximate surface area is 180 Å². The fraction of sp³-hybridized carbons (Fsp3) is 0.348. The summed E-state index contributed by atoms with van der Waals surface area (Å²) in [4.78, 5) is 37.5. The van der Waals surface area contributed by atoms with Crippen LogP contribution in [0.1, 0.15) is 29.6 Å². The van der Waals surface area contributed by atoms with Crippen molar-refractivity contribution in [1.29, 1.82) is 0 Å². The Morgan fingerprint density at radius 1 is 1.06 bits per heavy atom. The van der Waals surface area contributed by atoms with Crippen molar-refractivity contribution in [2.75, 3.05) is 31.3 Å². The smallest absolute Gasteiger partial charge is 0.338 e. The highest BCUT2D eigenvalue weighted by Crippen LogP contribution is 2.18. The molecule has 2 aromatic carbocycles. The lowest BCUT2D eigenvalue weighted by atomic mass is 10.2. The van der Waals surface area contributed by atoms with Crippen LogP contribution >= 0.6 is 0 Å². The number of rotatable bonds is 10. The molecule has 0 bridgehead atoms. The summed E-state index contributed by atoms with van der Waals surface area (Å²) in [5, 5.41) is 0. The Kier molecular flexibility index (Phi) is 8.00. The van der Waals surface area contributed by atoms with Crippen molar-refractivity contribution < 1.29 is 28.6 Å². The van der Waals surface area contributed by atoms with Crippen LogP contribution in [0.25, 0.3) is 0 Å². The van der Waals surface area contributed by atoms with Crippen molar-refractivity contribution in [2.24, 2.45) is 5.73 Å². The average Bonchev–Trinajstić information content (AvgIpc) is 3.31. The van der Waals surface area contributed by atoms with Gasteiger partial charge in [0, 0.05) is 25.3 Å². The zero-order valence-corrected chi connectivity index (χ0v) is 17.2. The van der Waals surface area contributed by atoms with Crippen molar-refractivity contribution in [2.45, 2.75) is 25.4 Å². The highest BCUT2D eigenvalue weighted by Gasteiger charge is 2.19. The van der Waals surface area contributed by atoms with Crippen molar-refractivity contribution in [1.82, 2.24) is 0 Å². The van der Waals surface area contributed by atoms with Crippen LogP contribution in [0.4, 0.5) is 5.69 Å². The number of nitrogens with two attached hydrogens (primary N) is 1. The van der Waals surface area contributed by atoms with Gasteiger partial charge in [-0.05, 0) is 49.2 Å². The zero-order valence-electron chi connectivity index (χ0n) is 17.2. The van der Waals surface area contributed by atoms with Crippen LogP contribution < -0.4 is 15.4 Å².